The number of nitrogens with zero attached hydrogens (tertiary/aromatic N) is 4. The van der Waals surface area contributed by atoms with Gasteiger partial charge in [0.15, 0.2) is 5.65 Å². The Balaban J connectivity index is 1.81. The van der Waals surface area contributed by atoms with Gasteiger partial charge in [-0.05, 0) is 17.7 Å². The molecule has 0 saturated carbocycles. The summed E-state index contributed by atoms with van der Waals surface area (Å²) in [5, 5.41) is 11.7. The van der Waals surface area contributed by atoms with Gasteiger partial charge in [-0.2, -0.15) is 15.2 Å². The molecule has 1 aromatic carbocycles. The molecule has 7 nitrogen and oxygen atoms in total. The SMILES string of the molecule is CNc1nc2ncnc(OCc3ccc(C#N)cc3)c2[nH]1. The van der Waals surface area contributed by atoms with E-state index < -0.39 is 0 Å². The highest BCUT2D eigenvalue weighted by atomic mass is 16.5. The van der Waals surface area contributed by atoms with E-state index in [-0.39, 0.29) is 0 Å². The zero-order valence-corrected chi connectivity index (χ0v) is 11.3. The summed E-state index contributed by atoms with van der Waals surface area (Å²) < 4.78 is 5.70. The lowest BCUT2D eigenvalue weighted by atomic mass is 10.2. The number of imidazole rings is 1. The number of ether oxygens (including phenoxy) is 1. The summed E-state index contributed by atoms with van der Waals surface area (Å²) in [7, 11) is 1.77. The van der Waals surface area contributed by atoms with Crippen molar-refractivity contribution in [2.75, 3.05) is 12.4 Å². The van der Waals surface area contributed by atoms with Crippen molar-refractivity contribution < 1.29 is 4.74 Å². The van der Waals surface area contributed by atoms with Crippen molar-refractivity contribution in [3.63, 3.8) is 0 Å². The number of aromatic nitrogens is 4. The molecule has 0 radical (unpaired) electrons. The predicted octanol–water partition coefficient (Wildman–Crippen LogP) is 1.85. The Hall–Kier alpha value is -3.14. The van der Waals surface area contributed by atoms with Crippen LogP contribution in [0.5, 0.6) is 5.88 Å². The van der Waals surface area contributed by atoms with Crippen molar-refractivity contribution in [3.05, 3.63) is 41.7 Å². The first-order chi connectivity index (χ1) is 10.3. The monoisotopic (exact) mass is 280 g/mol. The average molecular weight is 280 g/mol. The van der Waals surface area contributed by atoms with Gasteiger partial charge in [0.05, 0.1) is 11.6 Å². The quantitative estimate of drug-likeness (QED) is 0.756. The van der Waals surface area contributed by atoms with Crippen LogP contribution in [0.25, 0.3) is 11.2 Å². The molecular formula is C14H12N6O. The molecule has 0 aliphatic carbocycles. The van der Waals surface area contributed by atoms with Crippen LogP contribution in [0.3, 0.4) is 0 Å². The number of hydrogen-bond acceptors (Lipinski definition) is 6. The first-order valence-electron chi connectivity index (χ1n) is 6.30. The van der Waals surface area contributed by atoms with E-state index in [1.54, 1.807) is 19.2 Å². The molecule has 0 fully saturated rings. The molecular weight excluding hydrogens is 268 g/mol. The number of aromatic amines is 1. The summed E-state index contributed by atoms with van der Waals surface area (Å²) >= 11 is 0. The molecule has 2 N–H and O–H groups in total. The lowest BCUT2D eigenvalue weighted by Gasteiger charge is -2.05. The Labute approximate surface area is 120 Å². The highest BCUT2D eigenvalue weighted by Crippen LogP contribution is 2.21. The Morgan fingerprint density at radius 3 is 2.81 bits per heavy atom. The molecule has 0 saturated heterocycles. The van der Waals surface area contributed by atoms with Gasteiger partial charge in [-0.15, -0.1) is 0 Å². The highest BCUT2D eigenvalue weighted by Gasteiger charge is 2.10. The second-order valence-electron chi connectivity index (χ2n) is 4.31. The van der Waals surface area contributed by atoms with Gasteiger partial charge in [0, 0.05) is 7.05 Å². The Kier molecular flexibility index (Phi) is 3.35. The van der Waals surface area contributed by atoms with Gasteiger partial charge in [-0.25, -0.2) is 4.98 Å². The maximum absolute atomic E-state index is 8.77. The molecule has 0 unspecified atom stereocenters. The van der Waals surface area contributed by atoms with Crippen LogP contribution in [-0.2, 0) is 6.61 Å². The van der Waals surface area contributed by atoms with Crippen molar-refractivity contribution >= 4 is 17.1 Å². The normalized spacial score (nSPS) is 10.3. The standard InChI is InChI=1S/C14H12N6O/c1-16-14-19-11-12(20-14)17-8-18-13(11)21-7-10-4-2-9(6-15)3-5-10/h2-5,8H,7H2,1H3,(H2,16,17,18,19,20). The predicted molar refractivity (Wildman–Crippen MR) is 76.7 cm³/mol. The molecule has 104 valence electrons. The lowest BCUT2D eigenvalue weighted by molar-refractivity contribution is 0.297. The number of hydrogen-bond donors (Lipinski definition) is 2. The van der Waals surface area contributed by atoms with Crippen LogP contribution >= 0.6 is 0 Å². The van der Waals surface area contributed by atoms with Gasteiger partial charge < -0.3 is 15.0 Å². The number of nitriles is 1. The molecule has 0 amide bonds. The summed E-state index contributed by atoms with van der Waals surface area (Å²) in [5.41, 5.74) is 2.77. The maximum atomic E-state index is 8.77. The summed E-state index contributed by atoms with van der Waals surface area (Å²) in [6.45, 7) is 0.353. The molecule has 0 aliphatic heterocycles. The van der Waals surface area contributed by atoms with E-state index in [1.165, 1.54) is 6.33 Å². The molecule has 21 heavy (non-hydrogen) atoms. The van der Waals surface area contributed by atoms with Crippen molar-refractivity contribution in [1.82, 2.24) is 19.9 Å². The molecule has 2 heterocycles. The zero-order valence-electron chi connectivity index (χ0n) is 11.3. The van der Waals surface area contributed by atoms with E-state index in [1.807, 2.05) is 12.1 Å². The van der Waals surface area contributed by atoms with Crippen molar-refractivity contribution in [1.29, 1.82) is 5.26 Å². The van der Waals surface area contributed by atoms with Crippen LogP contribution in [-0.4, -0.2) is 27.0 Å². The molecule has 0 bridgehead atoms. The fourth-order valence-corrected chi connectivity index (χ4v) is 1.86. The topological polar surface area (TPSA) is 99.5 Å². The Morgan fingerprint density at radius 1 is 1.29 bits per heavy atom. The van der Waals surface area contributed by atoms with Crippen LogP contribution in [0.2, 0.25) is 0 Å². The number of fused-ring (bicyclic) bond motifs is 1. The molecule has 7 heteroatoms. The number of anilines is 1. The van der Waals surface area contributed by atoms with Gasteiger partial charge in [0.1, 0.15) is 18.5 Å². The minimum Gasteiger partial charge on any atom is -0.471 e. The lowest BCUT2D eigenvalue weighted by Crippen LogP contribution is -1.98. The van der Waals surface area contributed by atoms with Crippen LogP contribution < -0.4 is 10.1 Å². The second kappa shape index (κ2) is 5.46. The molecule has 3 aromatic rings. The number of rotatable bonds is 4. The van der Waals surface area contributed by atoms with Gasteiger partial charge in [0.2, 0.25) is 11.8 Å². The minimum atomic E-state index is 0.353. The van der Waals surface area contributed by atoms with Crippen LogP contribution in [0, 0.1) is 11.3 Å². The first kappa shape index (κ1) is 12.9. The summed E-state index contributed by atoms with van der Waals surface area (Å²) in [6, 6.07) is 9.29. The van der Waals surface area contributed by atoms with E-state index in [9.17, 15) is 0 Å². The highest BCUT2D eigenvalue weighted by molar-refractivity contribution is 5.78. The van der Waals surface area contributed by atoms with Crippen molar-refractivity contribution in [2.24, 2.45) is 0 Å². The van der Waals surface area contributed by atoms with Gasteiger partial charge in [-0.3, -0.25) is 0 Å². The molecule has 0 aliphatic rings. The number of nitrogens with one attached hydrogen (secondary N) is 2. The summed E-state index contributed by atoms with van der Waals surface area (Å²) in [5.74, 6) is 1.05. The minimum absolute atomic E-state index is 0.353. The van der Waals surface area contributed by atoms with Crippen LogP contribution in [0.4, 0.5) is 5.95 Å². The summed E-state index contributed by atoms with van der Waals surface area (Å²) in [4.78, 5) is 15.5. The molecule has 0 spiro atoms. The maximum Gasteiger partial charge on any atom is 0.243 e. The van der Waals surface area contributed by atoms with Gasteiger partial charge in [0.25, 0.3) is 0 Å². The Bertz CT molecular complexity index is 802. The van der Waals surface area contributed by atoms with Crippen LogP contribution in [0.15, 0.2) is 30.6 Å². The Morgan fingerprint density at radius 2 is 2.10 bits per heavy atom. The van der Waals surface area contributed by atoms with Crippen molar-refractivity contribution in [3.8, 4) is 11.9 Å². The molecule has 0 atom stereocenters. The number of benzene rings is 1. The van der Waals surface area contributed by atoms with E-state index in [0.717, 1.165) is 5.56 Å². The van der Waals surface area contributed by atoms with Gasteiger partial charge in [-0.1, -0.05) is 12.1 Å². The largest absolute Gasteiger partial charge is 0.471 e. The van der Waals surface area contributed by atoms with E-state index >= 15 is 0 Å². The third-order valence-electron chi connectivity index (χ3n) is 2.95. The average Bonchev–Trinajstić information content (AvgIpc) is 2.97. The fourth-order valence-electron chi connectivity index (χ4n) is 1.86. The van der Waals surface area contributed by atoms with E-state index in [2.05, 4.69) is 31.3 Å². The van der Waals surface area contributed by atoms with Gasteiger partial charge >= 0.3 is 0 Å². The zero-order chi connectivity index (χ0) is 14.7. The summed E-state index contributed by atoms with van der Waals surface area (Å²) in [6.07, 6.45) is 1.41. The molecule has 3 rings (SSSR count). The van der Waals surface area contributed by atoms with Crippen LogP contribution in [0.1, 0.15) is 11.1 Å². The second-order valence-corrected chi connectivity index (χ2v) is 4.31. The fraction of sp³-hybridized carbons (Fsp3) is 0.143. The third-order valence-corrected chi connectivity index (χ3v) is 2.95. The third kappa shape index (κ3) is 2.60. The molecule has 2 aromatic heterocycles. The first-order valence-corrected chi connectivity index (χ1v) is 6.30. The van der Waals surface area contributed by atoms with E-state index in [0.29, 0.717) is 35.2 Å². The number of H-pyrrole nitrogens is 1. The van der Waals surface area contributed by atoms with E-state index in [4.69, 9.17) is 10.00 Å². The van der Waals surface area contributed by atoms with Crippen molar-refractivity contribution in [2.45, 2.75) is 6.61 Å². The smallest absolute Gasteiger partial charge is 0.243 e.